The quantitative estimate of drug-likeness (QED) is 0.774. The number of nitrogens with one attached hydrogen (secondary N) is 1. The fourth-order valence-corrected chi connectivity index (χ4v) is 1.45. The fraction of sp³-hybridized carbons (Fsp3) is 0.300. The van der Waals surface area contributed by atoms with Gasteiger partial charge >= 0.3 is 6.18 Å². The predicted molar refractivity (Wildman–Crippen MR) is 50.1 cm³/mol. The van der Waals surface area contributed by atoms with Crippen LogP contribution >= 0.6 is 0 Å². The van der Waals surface area contributed by atoms with Gasteiger partial charge in [0.15, 0.2) is 0 Å². The topological polar surface area (TPSA) is 24.9 Å². The number of alkyl halides is 3. The van der Waals surface area contributed by atoms with Crippen molar-refractivity contribution in [2.24, 2.45) is 0 Å². The molecule has 0 bridgehead atoms. The molecular formula is C10H9F3N2. The Balaban J connectivity index is 2.24. The average Bonchev–Trinajstić information content (AvgIpc) is 2.69. The molecule has 1 aromatic heterocycles. The summed E-state index contributed by atoms with van der Waals surface area (Å²) < 4.78 is 36.6. The molecular weight excluding hydrogens is 205 g/mol. The number of nitrogens with zero attached hydrogens (tertiary/aromatic N) is 1. The summed E-state index contributed by atoms with van der Waals surface area (Å²) in [7, 11) is 0. The lowest BCUT2D eigenvalue weighted by Gasteiger charge is -2.06. The highest BCUT2D eigenvalue weighted by Crippen LogP contribution is 2.28. The second-order valence-corrected chi connectivity index (χ2v) is 3.29. The molecule has 0 saturated carbocycles. The maximum Gasteiger partial charge on any atom is 0.433 e. The fourth-order valence-electron chi connectivity index (χ4n) is 1.45. The SMILES string of the molecule is FC(F)(F)c1ccc(C2=CCNC2)cn1. The van der Waals surface area contributed by atoms with Crippen LogP contribution in [0.25, 0.3) is 5.57 Å². The summed E-state index contributed by atoms with van der Waals surface area (Å²) >= 11 is 0. The zero-order valence-corrected chi connectivity index (χ0v) is 7.80. The highest BCUT2D eigenvalue weighted by atomic mass is 19.4. The van der Waals surface area contributed by atoms with Crippen molar-refractivity contribution >= 4 is 5.57 Å². The van der Waals surface area contributed by atoms with E-state index in [4.69, 9.17) is 0 Å². The smallest absolute Gasteiger partial charge is 0.309 e. The van der Waals surface area contributed by atoms with Gasteiger partial charge in [-0.3, -0.25) is 4.98 Å². The molecule has 1 aromatic rings. The minimum atomic E-state index is -4.36. The lowest BCUT2D eigenvalue weighted by Crippen LogP contribution is -2.09. The van der Waals surface area contributed by atoms with Crippen LogP contribution < -0.4 is 5.32 Å². The van der Waals surface area contributed by atoms with Crippen molar-refractivity contribution < 1.29 is 13.2 Å². The molecule has 0 radical (unpaired) electrons. The van der Waals surface area contributed by atoms with Gasteiger partial charge < -0.3 is 5.32 Å². The van der Waals surface area contributed by atoms with Crippen LogP contribution in [0.15, 0.2) is 24.4 Å². The van der Waals surface area contributed by atoms with Crippen LogP contribution in [0.1, 0.15) is 11.3 Å². The molecule has 1 aliphatic heterocycles. The first-order valence-electron chi connectivity index (χ1n) is 4.51. The summed E-state index contributed by atoms with van der Waals surface area (Å²) in [5, 5.41) is 3.07. The van der Waals surface area contributed by atoms with Crippen molar-refractivity contribution in [2.45, 2.75) is 6.18 Å². The number of hydrogen-bond donors (Lipinski definition) is 1. The van der Waals surface area contributed by atoms with E-state index < -0.39 is 11.9 Å². The van der Waals surface area contributed by atoms with Crippen LogP contribution in [0.4, 0.5) is 13.2 Å². The van der Waals surface area contributed by atoms with Gasteiger partial charge in [0.1, 0.15) is 5.69 Å². The van der Waals surface area contributed by atoms with Gasteiger partial charge in [0.2, 0.25) is 0 Å². The second kappa shape index (κ2) is 3.66. The highest BCUT2D eigenvalue weighted by molar-refractivity contribution is 5.68. The van der Waals surface area contributed by atoms with E-state index in [0.29, 0.717) is 6.54 Å². The average molecular weight is 214 g/mol. The molecule has 15 heavy (non-hydrogen) atoms. The van der Waals surface area contributed by atoms with Gasteiger partial charge in [-0.1, -0.05) is 12.1 Å². The Labute approximate surface area is 84.8 Å². The van der Waals surface area contributed by atoms with Crippen molar-refractivity contribution in [1.29, 1.82) is 0 Å². The number of halogens is 3. The van der Waals surface area contributed by atoms with E-state index in [0.717, 1.165) is 23.7 Å². The lowest BCUT2D eigenvalue weighted by atomic mass is 10.1. The summed E-state index contributed by atoms with van der Waals surface area (Å²) in [4.78, 5) is 3.40. The molecule has 0 saturated heterocycles. The largest absolute Gasteiger partial charge is 0.433 e. The van der Waals surface area contributed by atoms with E-state index in [-0.39, 0.29) is 0 Å². The van der Waals surface area contributed by atoms with Gasteiger partial charge in [-0.15, -0.1) is 0 Å². The van der Waals surface area contributed by atoms with Crippen LogP contribution in [0.2, 0.25) is 0 Å². The van der Waals surface area contributed by atoms with Crippen LogP contribution in [0.5, 0.6) is 0 Å². The zero-order valence-electron chi connectivity index (χ0n) is 7.80. The van der Waals surface area contributed by atoms with Gasteiger partial charge in [-0.25, -0.2) is 0 Å². The second-order valence-electron chi connectivity index (χ2n) is 3.29. The maximum absolute atomic E-state index is 12.2. The van der Waals surface area contributed by atoms with Gasteiger partial charge in [0.25, 0.3) is 0 Å². The maximum atomic E-state index is 12.2. The van der Waals surface area contributed by atoms with E-state index in [9.17, 15) is 13.2 Å². The molecule has 2 rings (SSSR count). The highest BCUT2D eigenvalue weighted by Gasteiger charge is 2.32. The summed E-state index contributed by atoms with van der Waals surface area (Å²) in [5.41, 5.74) is 0.891. The monoisotopic (exact) mass is 214 g/mol. The summed E-state index contributed by atoms with van der Waals surface area (Å²) in [6.45, 7) is 1.45. The Morgan fingerprint density at radius 1 is 1.27 bits per heavy atom. The lowest BCUT2D eigenvalue weighted by molar-refractivity contribution is -0.141. The van der Waals surface area contributed by atoms with Crippen LogP contribution in [-0.2, 0) is 6.18 Å². The van der Waals surface area contributed by atoms with Crippen molar-refractivity contribution in [2.75, 3.05) is 13.1 Å². The number of aromatic nitrogens is 1. The zero-order chi connectivity index (χ0) is 10.9. The third kappa shape index (κ3) is 2.18. The Morgan fingerprint density at radius 3 is 2.53 bits per heavy atom. The molecule has 0 atom stereocenters. The van der Waals surface area contributed by atoms with E-state index >= 15 is 0 Å². The van der Waals surface area contributed by atoms with Crippen molar-refractivity contribution in [3.8, 4) is 0 Å². The number of rotatable bonds is 1. The molecule has 2 heterocycles. The molecule has 1 aliphatic rings. The normalized spacial score (nSPS) is 16.6. The van der Waals surface area contributed by atoms with Crippen LogP contribution in [0.3, 0.4) is 0 Å². The molecule has 0 spiro atoms. The molecule has 0 unspecified atom stereocenters. The minimum Gasteiger partial charge on any atom is -0.309 e. The van der Waals surface area contributed by atoms with Crippen molar-refractivity contribution in [3.63, 3.8) is 0 Å². The molecule has 0 aliphatic carbocycles. The molecule has 5 heteroatoms. The summed E-state index contributed by atoms with van der Waals surface area (Å²) in [6.07, 6.45) is -1.15. The predicted octanol–water partition coefficient (Wildman–Crippen LogP) is 2.09. The molecule has 0 amide bonds. The summed E-state index contributed by atoms with van der Waals surface area (Å²) in [5.74, 6) is 0. The van der Waals surface area contributed by atoms with Crippen LogP contribution in [-0.4, -0.2) is 18.1 Å². The van der Waals surface area contributed by atoms with E-state index in [1.54, 1.807) is 0 Å². The molecule has 0 aromatic carbocycles. The Morgan fingerprint density at radius 2 is 2.07 bits per heavy atom. The van der Waals surface area contributed by atoms with Gasteiger partial charge in [-0.2, -0.15) is 13.2 Å². The molecule has 80 valence electrons. The first kappa shape index (κ1) is 10.2. The number of hydrogen-bond acceptors (Lipinski definition) is 2. The van der Waals surface area contributed by atoms with Crippen molar-refractivity contribution in [1.82, 2.24) is 10.3 Å². The first-order chi connectivity index (χ1) is 7.07. The van der Waals surface area contributed by atoms with Gasteiger partial charge in [0.05, 0.1) is 0 Å². The number of pyridine rings is 1. The minimum absolute atomic E-state index is 0.688. The van der Waals surface area contributed by atoms with Crippen molar-refractivity contribution in [3.05, 3.63) is 35.7 Å². The Bertz CT molecular complexity index is 379. The van der Waals surface area contributed by atoms with Gasteiger partial charge in [0, 0.05) is 19.3 Å². The third-order valence-electron chi connectivity index (χ3n) is 2.23. The van der Waals surface area contributed by atoms with E-state index in [2.05, 4.69) is 10.3 Å². The molecule has 1 N–H and O–H groups in total. The molecule has 0 fully saturated rings. The van der Waals surface area contributed by atoms with E-state index in [1.807, 2.05) is 6.08 Å². The van der Waals surface area contributed by atoms with Gasteiger partial charge in [-0.05, 0) is 17.2 Å². The van der Waals surface area contributed by atoms with Crippen LogP contribution in [0, 0.1) is 0 Å². The standard InChI is InChI=1S/C10H9F3N2/c11-10(12,13)9-2-1-7(6-15-9)8-3-4-14-5-8/h1-3,6,14H,4-5H2. The third-order valence-corrected chi connectivity index (χ3v) is 2.23. The molecule has 2 nitrogen and oxygen atoms in total. The summed E-state index contributed by atoms with van der Waals surface area (Å²) in [6, 6.07) is 2.46. The Kier molecular flexibility index (Phi) is 2.48. The Hall–Kier alpha value is -1.36. The van der Waals surface area contributed by atoms with E-state index in [1.165, 1.54) is 12.3 Å². The first-order valence-corrected chi connectivity index (χ1v) is 4.51.